The molecule has 2 N–H and O–H groups in total. The number of furan rings is 1. The normalized spacial score (nSPS) is 13.7. The third-order valence-corrected chi connectivity index (χ3v) is 5.00. The second-order valence-electron chi connectivity index (χ2n) is 7.08. The molecule has 28 heavy (non-hydrogen) atoms. The van der Waals surface area contributed by atoms with Crippen molar-refractivity contribution in [3.8, 4) is 0 Å². The molecule has 0 spiro atoms. The van der Waals surface area contributed by atoms with Crippen LogP contribution in [0.25, 0.3) is 11.0 Å². The summed E-state index contributed by atoms with van der Waals surface area (Å²) in [6.45, 7) is 1.43. The lowest BCUT2D eigenvalue weighted by Crippen LogP contribution is -2.25. The molecular weight excluding hydrogens is 356 g/mol. The van der Waals surface area contributed by atoms with Gasteiger partial charge in [-0.3, -0.25) is 9.59 Å². The Morgan fingerprint density at radius 3 is 2.96 bits per heavy atom. The molecule has 0 aliphatic carbocycles. The summed E-state index contributed by atoms with van der Waals surface area (Å²) < 4.78 is 7.33. The number of aryl methyl sites for hydroxylation is 2. The minimum atomic E-state index is -0.268. The van der Waals surface area contributed by atoms with Gasteiger partial charge in [0.1, 0.15) is 5.82 Å². The average molecular weight is 380 g/mol. The van der Waals surface area contributed by atoms with E-state index >= 15 is 0 Å². The molecule has 0 radical (unpaired) electrons. The minimum absolute atomic E-state index is 0.0765. The number of hydrogen-bond donors (Lipinski definition) is 2. The van der Waals surface area contributed by atoms with E-state index in [4.69, 9.17) is 9.40 Å². The Morgan fingerprint density at radius 1 is 1.18 bits per heavy atom. The number of hydrogen-bond acceptors (Lipinski definition) is 4. The number of rotatable bonds is 6. The summed E-state index contributed by atoms with van der Waals surface area (Å²) in [6, 6.07) is 9.17. The first-order valence-electron chi connectivity index (χ1n) is 9.81. The third-order valence-electron chi connectivity index (χ3n) is 5.00. The monoisotopic (exact) mass is 380 g/mol. The number of carbonyl (C=O) groups is 2. The summed E-state index contributed by atoms with van der Waals surface area (Å²) in [5.74, 6) is 1.07. The van der Waals surface area contributed by atoms with Gasteiger partial charge in [0.25, 0.3) is 5.91 Å². The number of nitrogens with zero attached hydrogens (tertiary/aromatic N) is 2. The van der Waals surface area contributed by atoms with Gasteiger partial charge in [-0.05, 0) is 49.6 Å². The molecular formula is C21H24N4O3. The number of imidazole rings is 1. The van der Waals surface area contributed by atoms with Crippen LogP contribution in [0.1, 0.15) is 48.5 Å². The maximum absolute atomic E-state index is 12.2. The van der Waals surface area contributed by atoms with Crippen molar-refractivity contribution in [3.05, 3.63) is 48.2 Å². The van der Waals surface area contributed by atoms with Gasteiger partial charge >= 0.3 is 0 Å². The number of aromatic nitrogens is 2. The molecule has 3 aromatic rings. The van der Waals surface area contributed by atoms with E-state index in [0.717, 1.165) is 35.5 Å². The highest BCUT2D eigenvalue weighted by atomic mass is 16.3. The lowest BCUT2D eigenvalue weighted by atomic mass is 10.2. The van der Waals surface area contributed by atoms with Crippen molar-refractivity contribution in [3.63, 3.8) is 0 Å². The Labute approximate surface area is 163 Å². The van der Waals surface area contributed by atoms with Crippen LogP contribution in [0.2, 0.25) is 0 Å². The second-order valence-corrected chi connectivity index (χ2v) is 7.08. The lowest BCUT2D eigenvalue weighted by molar-refractivity contribution is -0.116. The van der Waals surface area contributed by atoms with E-state index in [2.05, 4.69) is 15.2 Å². The largest absolute Gasteiger partial charge is 0.459 e. The van der Waals surface area contributed by atoms with E-state index in [1.165, 1.54) is 25.5 Å². The summed E-state index contributed by atoms with van der Waals surface area (Å²) in [5, 5.41) is 5.66. The summed E-state index contributed by atoms with van der Waals surface area (Å²) in [7, 11) is 0. The van der Waals surface area contributed by atoms with Crippen molar-refractivity contribution in [2.75, 3.05) is 11.9 Å². The zero-order valence-corrected chi connectivity index (χ0v) is 15.7. The van der Waals surface area contributed by atoms with Gasteiger partial charge in [-0.1, -0.05) is 6.42 Å². The first kappa shape index (κ1) is 18.3. The van der Waals surface area contributed by atoms with Crippen molar-refractivity contribution in [1.82, 2.24) is 14.9 Å². The molecule has 7 heteroatoms. The molecule has 0 bridgehead atoms. The van der Waals surface area contributed by atoms with Crippen LogP contribution in [0.4, 0.5) is 5.69 Å². The Kier molecular flexibility index (Phi) is 5.41. The van der Waals surface area contributed by atoms with Crippen LogP contribution in [0.15, 0.2) is 41.0 Å². The van der Waals surface area contributed by atoms with E-state index in [9.17, 15) is 9.59 Å². The van der Waals surface area contributed by atoms with E-state index in [-0.39, 0.29) is 17.6 Å². The fraction of sp³-hybridized carbons (Fsp3) is 0.381. The number of fused-ring (bicyclic) bond motifs is 3. The quantitative estimate of drug-likeness (QED) is 0.641. The summed E-state index contributed by atoms with van der Waals surface area (Å²) >= 11 is 0. The summed E-state index contributed by atoms with van der Waals surface area (Å²) in [6.07, 6.45) is 6.98. The smallest absolute Gasteiger partial charge is 0.286 e. The molecule has 146 valence electrons. The van der Waals surface area contributed by atoms with Crippen LogP contribution in [0.5, 0.6) is 0 Å². The highest BCUT2D eigenvalue weighted by Crippen LogP contribution is 2.24. The maximum atomic E-state index is 12.2. The van der Waals surface area contributed by atoms with Gasteiger partial charge in [-0.15, -0.1) is 0 Å². The zero-order valence-electron chi connectivity index (χ0n) is 15.7. The molecule has 7 nitrogen and oxygen atoms in total. The molecule has 1 aliphatic heterocycles. The number of nitrogens with one attached hydrogen (secondary N) is 2. The third kappa shape index (κ3) is 4.08. The van der Waals surface area contributed by atoms with Gasteiger partial charge in [0, 0.05) is 31.6 Å². The predicted octanol–water partition coefficient (Wildman–Crippen LogP) is 3.50. The van der Waals surface area contributed by atoms with Crippen LogP contribution in [0, 0.1) is 0 Å². The molecule has 0 saturated heterocycles. The summed E-state index contributed by atoms with van der Waals surface area (Å²) in [4.78, 5) is 28.7. The van der Waals surface area contributed by atoms with Crippen molar-refractivity contribution >= 4 is 28.5 Å². The van der Waals surface area contributed by atoms with E-state index in [0.29, 0.717) is 19.4 Å². The summed E-state index contributed by atoms with van der Waals surface area (Å²) in [5.41, 5.74) is 2.82. The zero-order chi connectivity index (χ0) is 19.3. The molecule has 4 rings (SSSR count). The molecule has 1 aliphatic rings. The average Bonchev–Trinajstić information content (AvgIpc) is 3.28. The van der Waals surface area contributed by atoms with Crippen LogP contribution in [-0.2, 0) is 17.8 Å². The van der Waals surface area contributed by atoms with E-state index in [1.807, 2.05) is 18.2 Å². The van der Waals surface area contributed by atoms with E-state index in [1.54, 1.807) is 12.1 Å². The molecule has 2 aromatic heterocycles. The van der Waals surface area contributed by atoms with Crippen LogP contribution < -0.4 is 10.6 Å². The fourth-order valence-electron chi connectivity index (χ4n) is 3.60. The van der Waals surface area contributed by atoms with Crippen molar-refractivity contribution in [1.29, 1.82) is 0 Å². The van der Waals surface area contributed by atoms with Crippen molar-refractivity contribution in [2.24, 2.45) is 0 Å². The minimum Gasteiger partial charge on any atom is -0.459 e. The fourth-order valence-corrected chi connectivity index (χ4v) is 3.60. The van der Waals surface area contributed by atoms with Crippen LogP contribution in [-0.4, -0.2) is 27.9 Å². The van der Waals surface area contributed by atoms with Gasteiger partial charge in [0.15, 0.2) is 5.76 Å². The molecule has 3 heterocycles. The Balaban J connectivity index is 1.29. The number of carbonyl (C=O) groups excluding carboxylic acids is 2. The maximum Gasteiger partial charge on any atom is 0.286 e. The second kappa shape index (κ2) is 8.29. The SMILES string of the molecule is O=C(CCCNC(=O)c1ccco1)Nc1ccc2c(c1)nc1n2CCCCC1. The molecule has 0 saturated carbocycles. The highest BCUT2D eigenvalue weighted by Gasteiger charge is 2.14. The standard InChI is InChI=1S/C21H24N4O3/c26-20(8-4-11-22-21(27)18-6-5-13-28-18)23-15-9-10-17-16(14-15)24-19-7-2-1-3-12-25(17)19/h5-6,9-10,13-14H,1-4,7-8,11-12H2,(H,22,27)(H,23,26). The predicted molar refractivity (Wildman–Crippen MR) is 106 cm³/mol. The lowest BCUT2D eigenvalue weighted by Gasteiger charge is -2.07. The van der Waals surface area contributed by atoms with Crippen LogP contribution in [0.3, 0.4) is 0 Å². The van der Waals surface area contributed by atoms with Crippen molar-refractivity contribution < 1.29 is 14.0 Å². The van der Waals surface area contributed by atoms with Gasteiger partial charge < -0.3 is 19.6 Å². The Hall–Kier alpha value is -3.09. The molecule has 0 fully saturated rings. The first-order chi connectivity index (χ1) is 13.7. The molecule has 2 amide bonds. The van der Waals surface area contributed by atoms with E-state index < -0.39 is 0 Å². The number of amides is 2. The number of benzene rings is 1. The van der Waals surface area contributed by atoms with Gasteiger partial charge in [0.05, 0.1) is 17.3 Å². The van der Waals surface area contributed by atoms with Gasteiger partial charge in [0.2, 0.25) is 5.91 Å². The number of anilines is 1. The van der Waals surface area contributed by atoms with Gasteiger partial charge in [-0.2, -0.15) is 0 Å². The Morgan fingerprint density at radius 2 is 2.11 bits per heavy atom. The van der Waals surface area contributed by atoms with Crippen LogP contribution >= 0.6 is 0 Å². The topological polar surface area (TPSA) is 89.2 Å². The van der Waals surface area contributed by atoms with Gasteiger partial charge in [-0.25, -0.2) is 4.98 Å². The molecule has 0 atom stereocenters. The Bertz CT molecular complexity index is 975. The highest BCUT2D eigenvalue weighted by molar-refractivity contribution is 5.93. The van der Waals surface area contributed by atoms with Crippen molar-refractivity contribution in [2.45, 2.75) is 45.1 Å². The molecule has 1 aromatic carbocycles. The molecule has 0 unspecified atom stereocenters. The first-order valence-corrected chi connectivity index (χ1v) is 9.81.